The third kappa shape index (κ3) is 2.92. The first kappa shape index (κ1) is 20.3. The Bertz CT molecular complexity index is 965. The summed E-state index contributed by atoms with van der Waals surface area (Å²) in [5.74, 6) is 2.19. The van der Waals surface area contributed by atoms with Crippen LogP contribution in [0.15, 0.2) is 52.0 Å². The van der Waals surface area contributed by atoms with E-state index in [0.29, 0.717) is 24.0 Å². The number of fused-ring (bicyclic) bond motifs is 5. The van der Waals surface area contributed by atoms with Crippen LogP contribution in [0.5, 0.6) is 0 Å². The molecule has 0 bridgehead atoms. The highest BCUT2D eigenvalue weighted by atomic mass is 32.2. The van der Waals surface area contributed by atoms with Crippen LogP contribution in [-0.4, -0.2) is 24.2 Å². The van der Waals surface area contributed by atoms with Crippen LogP contribution in [0.25, 0.3) is 0 Å². The van der Waals surface area contributed by atoms with Gasteiger partial charge in [-0.05, 0) is 104 Å². The second-order valence-corrected chi connectivity index (χ2v) is 11.6. The summed E-state index contributed by atoms with van der Waals surface area (Å²) < 4.78 is 6.62. The number of ether oxygens (including phenoxy) is 1. The fraction of sp³-hybridized carbons (Fsp3) is 0.607. The van der Waals surface area contributed by atoms with Gasteiger partial charge in [-0.25, -0.2) is 0 Å². The standard InChI is InChI=1S/C28H34O2S/c1-27-17-24(18-4-8-21(31-2)9-5-18)26-22-11-7-20(29)16-19(22)6-10-23(26)25(27)12-14-28(27)13-3-15-30-28/h4-5,8-9,16,23-25H,3,6-7,10-15,17H2,1-2H3/t23-,24+,25-,27-,28-/m0/s1. The topological polar surface area (TPSA) is 26.3 Å². The molecule has 1 saturated heterocycles. The number of hydrogen-bond donors (Lipinski definition) is 0. The minimum Gasteiger partial charge on any atom is -0.374 e. The highest BCUT2D eigenvalue weighted by molar-refractivity contribution is 7.98. The van der Waals surface area contributed by atoms with Crippen LogP contribution in [0.3, 0.4) is 0 Å². The molecule has 1 aromatic rings. The van der Waals surface area contributed by atoms with Gasteiger partial charge in [-0.15, -0.1) is 11.8 Å². The molecule has 0 unspecified atom stereocenters. The average molecular weight is 435 g/mol. The van der Waals surface area contributed by atoms with E-state index in [-0.39, 0.29) is 11.0 Å². The van der Waals surface area contributed by atoms with Crippen molar-refractivity contribution < 1.29 is 9.53 Å². The molecule has 5 aliphatic rings. The number of rotatable bonds is 2. The summed E-state index contributed by atoms with van der Waals surface area (Å²) in [6, 6.07) is 9.37. The first-order chi connectivity index (χ1) is 15.0. The van der Waals surface area contributed by atoms with Crippen LogP contribution >= 0.6 is 11.8 Å². The zero-order valence-electron chi connectivity index (χ0n) is 18.9. The molecular formula is C28H34O2S. The summed E-state index contributed by atoms with van der Waals surface area (Å²) in [4.78, 5) is 13.5. The second-order valence-electron chi connectivity index (χ2n) is 10.8. The van der Waals surface area contributed by atoms with Crippen molar-refractivity contribution in [3.8, 4) is 0 Å². The Balaban J connectivity index is 1.51. The predicted molar refractivity (Wildman–Crippen MR) is 126 cm³/mol. The molecule has 4 aliphatic carbocycles. The molecule has 164 valence electrons. The van der Waals surface area contributed by atoms with Gasteiger partial charge in [-0.3, -0.25) is 4.79 Å². The quantitative estimate of drug-likeness (QED) is 0.476. The maximum atomic E-state index is 12.2. The lowest BCUT2D eigenvalue weighted by Crippen LogP contribution is -2.51. The Morgan fingerprint density at radius 3 is 2.65 bits per heavy atom. The number of allylic oxidation sites excluding steroid dienone is 4. The highest BCUT2D eigenvalue weighted by Crippen LogP contribution is 2.69. The van der Waals surface area contributed by atoms with E-state index in [0.717, 1.165) is 25.4 Å². The predicted octanol–water partition coefficient (Wildman–Crippen LogP) is 6.86. The fourth-order valence-corrected chi connectivity index (χ4v) is 8.63. The minimum absolute atomic E-state index is 0.101. The number of carbonyl (C=O) groups excluding carboxylic acids is 1. The molecular weight excluding hydrogens is 400 g/mol. The van der Waals surface area contributed by atoms with E-state index in [1.807, 2.05) is 17.8 Å². The molecule has 3 heteroatoms. The lowest BCUT2D eigenvalue weighted by molar-refractivity contribution is -0.114. The Morgan fingerprint density at radius 1 is 1.06 bits per heavy atom. The van der Waals surface area contributed by atoms with Crippen LogP contribution in [-0.2, 0) is 9.53 Å². The normalized spacial score (nSPS) is 39.4. The first-order valence-corrected chi connectivity index (χ1v) is 13.5. The summed E-state index contributed by atoms with van der Waals surface area (Å²) >= 11 is 1.82. The van der Waals surface area contributed by atoms with Crippen LogP contribution in [0.4, 0.5) is 0 Å². The van der Waals surface area contributed by atoms with Gasteiger partial charge < -0.3 is 4.74 Å². The van der Waals surface area contributed by atoms with Crippen molar-refractivity contribution in [1.29, 1.82) is 0 Å². The number of thioether (sulfide) groups is 1. The smallest absolute Gasteiger partial charge is 0.156 e. The second kappa shape index (κ2) is 7.35. The molecule has 0 amide bonds. The van der Waals surface area contributed by atoms with E-state index in [1.54, 1.807) is 11.1 Å². The summed E-state index contributed by atoms with van der Waals surface area (Å²) in [5, 5.41) is 0. The maximum absolute atomic E-state index is 12.2. The molecule has 3 fully saturated rings. The molecule has 2 saturated carbocycles. The Hall–Kier alpha value is -1.32. The van der Waals surface area contributed by atoms with Crippen molar-refractivity contribution in [2.24, 2.45) is 17.3 Å². The van der Waals surface area contributed by atoms with E-state index in [2.05, 4.69) is 37.4 Å². The molecule has 5 atom stereocenters. The minimum atomic E-state index is 0.101. The van der Waals surface area contributed by atoms with Crippen molar-refractivity contribution in [3.05, 3.63) is 52.6 Å². The highest BCUT2D eigenvalue weighted by Gasteiger charge is 2.64. The van der Waals surface area contributed by atoms with Crippen molar-refractivity contribution in [3.63, 3.8) is 0 Å². The molecule has 1 aromatic carbocycles. The molecule has 31 heavy (non-hydrogen) atoms. The third-order valence-corrected chi connectivity index (χ3v) is 10.4. The summed E-state index contributed by atoms with van der Waals surface area (Å²) in [7, 11) is 0. The van der Waals surface area contributed by atoms with Crippen molar-refractivity contribution in [2.75, 3.05) is 12.9 Å². The molecule has 2 nitrogen and oxygen atoms in total. The zero-order chi connectivity index (χ0) is 21.2. The number of hydrogen-bond acceptors (Lipinski definition) is 3. The Labute approximate surface area is 190 Å². The maximum Gasteiger partial charge on any atom is 0.156 e. The van der Waals surface area contributed by atoms with E-state index in [4.69, 9.17) is 4.74 Å². The van der Waals surface area contributed by atoms with Gasteiger partial charge in [0.1, 0.15) is 0 Å². The van der Waals surface area contributed by atoms with Crippen LogP contribution in [0.2, 0.25) is 0 Å². The largest absolute Gasteiger partial charge is 0.374 e. The van der Waals surface area contributed by atoms with Gasteiger partial charge in [0.15, 0.2) is 5.78 Å². The average Bonchev–Trinajstić information content (AvgIpc) is 3.39. The lowest BCUT2D eigenvalue weighted by Gasteiger charge is -2.55. The van der Waals surface area contributed by atoms with E-state index < -0.39 is 0 Å². The molecule has 0 aromatic heterocycles. The SMILES string of the molecule is CSc1ccc([C@H]2C[C@@]3(C)[C@@H](CC[C@@]34CCCO4)[C@@H]3CCC4=CC(=O)CCC4=C32)cc1. The number of ketones is 1. The van der Waals surface area contributed by atoms with Gasteiger partial charge in [-0.1, -0.05) is 24.6 Å². The van der Waals surface area contributed by atoms with Crippen LogP contribution in [0.1, 0.15) is 76.2 Å². The van der Waals surface area contributed by atoms with Gasteiger partial charge >= 0.3 is 0 Å². The van der Waals surface area contributed by atoms with Gasteiger partial charge in [0.25, 0.3) is 0 Å². The lowest BCUT2D eigenvalue weighted by atomic mass is 9.51. The van der Waals surface area contributed by atoms with Crippen molar-refractivity contribution >= 4 is 17.5 Å². The summed E-state index contributed by atoms with van der Waals surface area (Å²) in [6.07, 6.45) is 14.3. The van der Waals surface area contributed by atoms with E-state index in [9.17, 15) is 4.79 Å². The number of carbonyl (C=O) groups is 1. The van der Waals surface area contributed by atoms with Crippen LogP contribution < -0.4 is 0 Å². The van der Waals surface area contributed by atoms with Gasteiger partial charge in [-0.2, -0.15) is 0 Å². The molecule has 1 spiro atoms. The van der Waals surface area contributed by atoms with Gasteiger partial charge in [0, 0.05) is 29.3 Å². The molecule has 1 heterocycles. The molecule has 6 rings (SSSR count). The first-order valence-electron chi connectivity index (χ1n) is 12.3. The van der Waals surface area contributed by atoms with Gasteiger partial charge in [0.2, 0.25) is 0 Å². The molecule has 1 aliphatic heterocycles. The monoisotopic (exact) mass is 434 g/mol. The molecule has 0 radical (unpaired) electrons. The van der Waals surface area contributed by atoms with Crippen molar-refractivity contribution in [1.82, 2.24) is 0 Å². The third-order valence-electron chi connectivity index (χ3n) is 9.65. The zero-order valence-corrected chi connectivity index (χ0v) is 19.7. The fourth-order valence-electron chi connectivity index (χ4n) is 8.22. The Kier molecular flexibility index (Phi) is 4.81. The van der Waals surface area contributed by atoms with Crippen LogP contribution in [0, 0.1) is 17.3 Å². The Morgan fingerprint density at radius 2 is 1.90 bits per heavy atom. The van der Waals surface area contributed by atoms with Gasteiger partial charge in [0.05, 0.1) is 5.60 Å². The van der Waals surface area contributed by atoms with Crippen molar-refractivity contribution in [2.45, 2.75) is 81.1 Å². The number of benzene rings is 1. The molecule has 0 N–H and O–H groups in total. The van der Waals surface area contributed by atoms with E-state index in [1.165, 1.54) is 54.6 Å². The van der Waals surface area contributed by atoms with E-state index >= 15 is 0 Å². The summed E-state index contributed by atoms with van der Waals surface area (Å²) in [6.45, 7) is 3.53. The summed E-state index contributed by atoms with van der Waals surface area (Å²) in [5.41, 5.74) is 6.46.